The van der Waals surface area contributed by atoms with E-state index in [2.05, 4.69) is 9.97 Å². The number of nitrogens with zero attached hydrogens (tertiary/aromatic N) is 2. The Bertz CT molecular complexity index is 801. The van der Waals surface area contributed by atoms with Crippen molar-refractivity contribution in [2.45, 2.75) is 64.2 Å². The van der Waals surface area contributed by atoms with Crippen molar-refractivity contribution >= 4 is 11.8 Å². The van der Waals surface area contributed by atoms with Crippen molar-refractivity contribution in [2.75, 3.05) is 6.54 Å². The first-order chi connectivity index (χ1) is 13.7. The van der Waals surface area contributed by atoms with Gasteiger partial charge in [0.2, 0.25) is 0 Å². The number of aromatic amines is 1. The summed E-state index contributed by atoms with van der Waals surface area (Å²) in [5, 5.41) is 0. The molecule has 0 atom stereocenters. The number of unbranched alkanes of at least 4 members (excludes halogenated alkanes) is 1. The number of rotatable bonds is 8. The Balaban J connectivity index is 1.22. The average Bonchev–Trinajstić information content (AvgIpc) is 3.28. The molecule has 2 heterocycles. The molecule has 5 heteroatoms. The first kappa shape index (κ1) is 18.9. The number of imidazole rings is 1. The van der Waals surface area contributed by atoms with E-state index in [1.807, 2.05) is 6.20 Å². The molecule has 1 fully saturated rings. The molecule has 1 N–H and O–H groups in total. The standard InChI is InChI=1S/C23H29N3O2/c27-22-19-11-5-6-12-20(19)23(28)26(22)15-14-18-16-24-21(25-18)13-7-4-10-17-8-2-1-3-9-17/h5-6,11-12,16-17H,1-4,7-10,13-15H2,(H,24,25). The Morgan fingerprint density at radius 2 is 1.68 bits per heavy atom. The number of fused-ring (bicyclic) bond motifs is 1. The monoisotopic (exact) mass is 379 g/mol. The molecule has 1 saturated carbocycles. The summed E-state index contributed by atoms with van der Waals surface area (Å²) in [6, 6.07) is 7.03. The van der Waals surface area contributed by atoms with Crippen LogP contribution in [0.15, 0.2) is 30.5 Å². The van der Waals surface area contributed by atoms with Crippen molar-refractivity contribution < 1.29 is 9.59 Å². The number of nitrogens with one attached hydrogen (secondary N) is 1. The quantitative estimate of drug-likeness (QED) is 0.541. The molecule has 1 aromatic heterocycles. The second-order valence-corrected chi connectivity index (χ2v) is 8.16. The van der Waals surface area contributed by atoms with E-state index in [9.17, 15) is 9.59 Å². The van der Waals surface area contributed by atoms with Crippen LogP contribution >= 0.6 is 0 Å². The molecule has 0 saturated heterocycles. The highest BCUT2D eigenvalue weighted by atomic mass is 16.2. The molecule has 0 spiro atoms. The lowest BCUT2D eigenvalue weighted by atomic mass is 9.85. The third-order valence-corrected chi connectivity index (χ3v) is 6.16. The van der Waals surface area contributed by atoms with Crippen molar-refractivity contribution in [3.8, 4) is 0 Å². The fourth-order valence-corrected chi connectivity index (χ4v) is 4.54. The van der Waals surface area contributed by atoms with Gasteiger partial charge in [0.15, 0.2) is 0 Å². The molecule has 2 amide bonds. The van der Waals surface area contributed by atoms with E-state index in [1.54, 1.807) is 24.3 Å². The normalized spacial score (nSPS) is 17.4. The van der Waals surface area contributed by atoms with E-state index in [0.29, 0.717) is 24.1 Å². The van der Waals surface area contributed by atoms with Gasteiger partial charge in [0.25, 0.3) is 11.8 Å². The van der Waals surface area contributed by atoms with Crippen molar-refractivity contribution in [1.29, 1.82) is 0 Å². The van der Waals surface area contributed by atoms with Crippen molar-refractivity contribution in [2.24, 2.45) is 5.92 Å². The maximum atomic E-state index is 12.4. The van der Waals surface area contributed by atoms with E-state index in [4.69, 9.17) is 0 Å². The van der Waals surface area contributed by atoms with Crippen LogP contribution in [0.2, 0.25) is 0 Å². The lowest BCUT2D eigenvalue weighted by Crippen LogP contribution is -2.31. The molecule has 2 aromatic rings. The number of aryl methyl sites for hydroxylation is 1. The van der Waals surface area contributed by atoms with Crippen LogP contribution in [0.1, 0.15) is 83.6 Å². The summed E-state index contributed by atoms with van der Waals surface area (Å²) in [5.74, 6) is 1.58. The molecule has 0 radical (unpaired) electrons. The van der Waals surface area contributed by atoms with Gasteiger partial charge in [0, 0.05) is 31.3 Å². The molecule has 148 valence electrons. The highest BCUT2D eigenvalue weighted by Gasteiger charge is 2.34. The minimum Gasteiger partial charge on any atom is -0.346 e. The number of H-pyrrole nitrogens is 1. The minimum absolute atomic E-state index is 0.192. The van der Waals surface area contributed by atoms with E-state index in [-0.39, 0.29) is 11.8 Å². The van der Waals surface area contributed by atoms with Crippen LogP contribution in [0.3, 0.4) is 0 Å². The van der Waals surface area contributed by atoms with Gasteiger partial charge in [0.1, 0.15) is 5.82 Å². The molecule has 0 bridgehead atoms. The number of amides is 2. The molecule has 4 rings (SSSR count). The zero-order chi connectivity index (χ0) is 19.3. The predicted molar refractivity (Wildman–Crippen MR) is 108 cm³/mol. The first-order valence-electron chi connectivity index (χ1n) is 10.7. The van der Waals surface area contributed by atoms with E-state index in [0.717, 1.165) is 23.9 Å². The summed E-state index contributed by atoms with van der Waals surface area (Å²) in [7, 11) is 0. The summed E-state index contributed by atoms with van der Waals surface area (Å²) in [6.45, 7) is 0.385. The molecule has 1 aliphatic heterocycles. The van der Waals surface area contributed by atoms with E-state index >= 15 is 0 Å². The summed E-state index contributed by atoms with van der Waals surface area (Å²) in [6.07, 6.45) is 14.3. The van der Waals surface area contributed by atoms with Crippen LogP contribution in [0.5, 0.6) is 0 Å². The van der Waals surface area contributed by atoms with Gasteiger partial charge in [-0.15, -0.1) is 0 Å². The molecule has 1 aliphatic carbocycles. The number of hydrogen-bond acceptors (Lipinski definition) is 3. The van der Waals surface area contributed by atoms with Crippen molar-refractivity contribution in [3.63, 3.8) is 0 Å². The van der Waals surface area contributed by atoms with Crippen LogP contribution in [0, 0.1) is 5.92 Å². The highest BCUT2D eigenvalue weighted by molar-refractivity contribution is 6.21. The summed E-state index contributed by atoms with van der Waals surface area (Å²) in [4.78, 5) is 34.0. The molecule has 28 heavy (non-hydrogen) atoms. The fourth-order valence-electron chi connectivity index (χ4n) is 4.54. The maximum Gasteiger partial charge on any atom is 0.261 e. The number of benzene rings is 1. The smallest absolute Gasteiger partial charge is 0.261 e. The van der Waals surface area contributed by atoms with E-state index in [1.165, 1.54) is 56.3 Å². The summed E-state index contributed by atoms with van der Waals surface area (Å²) in [5.41, 5.74) is 2.00. The van der Waals surface area contributed by atoms with E-state index < -0.39 is 0 Å². The van der Waals surface area contributed by atoms with Gasteiger partial charge in [0.05, 0.1) is 11.1 Å². The second kappa shape index (κ2) is 8.72. The number of carbonyl (C=O) groups excluding carboxylic acids is 2. The highest BCUT2D eigenvalue weighted by Crippen LogP contribution is 2.28. The Morgan fingerprint density at radius 3 is 2.39 bits per heavy atom. The topological polar surface area (TPSA) is 66.1 Å². The number of aromatic nitrogens is 2. The Hall–Kier alpha value is -2.43. The van der Waals surface area contributed by atoms with Crippen LogP contribution < -0.4 is 0 Å². The Labute approximate surface area is 166 Å². The predicted octanol–water partition coefficient (Wildman–Crippen LogP) is 4.54. The van der Waals surface area contributed by atoms with Gasteiger partial charge in [-0.3, -0.25) is 14.5 Å². The second-order valence-electron chi connectivity index (χ2n) is 8.16. The van der Waals surface area contributed by atoms with Gasteiger partial charge >= 0.3 is 0 Å². The van der Waals surface area contributed by atoms with Gasteiger partial charge in [-0.2, -0.15) is 0 Å². The SMILES string of the molecule is O=C1c2ccccc2C(=O)N1CCc1cnc(CCCCC2CCCCC2)[nH]1. The summed E-state index contributed by atoms with van der Waals surface area (Å²) >= 11 is 0. The molecular formula is C23H29N3O2. The minimum atomic E-state index is -0.192. The van der Waals surface area contributed by atoms with Crippen molar-refractivity contribution in [1.82, 2.24) is 14.9 Å². The van der Waals surface area contributed by atoms with Crippen LogP contribution in [-0.2, 0) is 12.8 Å². The number of hydrogen-bond donors (Lipinski definition) is 1. The maximum absolute atomic E-state index is 12.4. The van der Waals surface area contributed by atoms with Gasteiger partial charge in [-0.05, 0) is 24.5 Å². The first-order valence-corrected chi connectivity index (χ1v) is 10.7. The molecule has 5 nitrogen and oxygen atoms in total. The van der Waals surface area contributed by atoms with Crippen LogP contribution in [-0.4, -0.2) is 33.2 Å². The molecular weight excluding hydrogens is 350 g/mol. The Kier molecular flexibility index (Phi) is 5.89. The lowest BCUT2D eigenvalue weighted by Gasteiger charge is -2.21. The van der Waals surface area contributed by atoms with Crippen LogP contribution in [0.4, 0.5) is 0 Å². The summed E-state index contributed by atoms with van der Waals surface area (Å²) < 4.78 is 0. The fraction of sp³-hybridized carbons (Fsp3) is 0.522. The van der Waals surface area contributed by atoms with Crippen molar-refractivity contribution in [3.05, 3.63) is 53.1 Å². The molecule has 1 aromatic carbocycles. The third-order valence-electron chi connectivity index (χ3n) is 6.16. The lowest BCUT2D eigenvalue weighted by molar-refractivity contribution is 0.0656. The largest absolute Gasteiger partial charge is 0.346 e. The molecule has 2 aliphatic rings. The zero-order valence-corrected chi connectivity index (χ0v) is 16.5. The zero-order valence-electron chi connectivity index (χ0n) is 16.5. The van der Waals surface area contributed by atoms with Crippen LogP contribution in [0.25, 0.3) is 0 Å². The van der Waals surface area contributed by atoms with Gasteiger partial charge in [-0.25, -0.2) is 4.98 Å². The van der Waals surface area contributed by atoms with Gasteiger partial charge < -0.3 is 4.98 Å². The Morgan fingerprint density at radius 1 is 0.964 bits per heavy atom. The van der Waals surface area contributed by atoms with Gasteiger partial charge in [-0.1, -0.05) is 57.1 Å². The molecule has 0 unspecified atom stereocenters. The number of carbonyl (C=O) groups is 2. The average molecular weight is 380 g/mol. The third kappa shape index (κ3) is 4.18. The number of imide groups is 1.